The molecule has 20 heavy (non-hydrogen) atoms. The molecule has 1 aromatic rings. The Morgan fingerprint density at radius 1 is 1.20 bits per heavy atom. The maximum absolute atomic E-state index is 12.2. The van der Waals surface area contributed by atoms with E-state index in [0.29, 0.717) is 0 Å². The number of carbonyl (C=O) groups excluding carboxylic acids is 1. The summed E-state index contributed by atoms with van der Waals surface area (Å²) in [6, 6.07) is 5.83. The van der Waals surface area contributed by atoms with E-state index in [1.165, 1.54) is 12.1 Å². The van der Waals surface area contributed by atoms with Crippen LogP contribution < -0.4 is 0 Å². The van der Waals surface area contributed by atoms with Gasteiger partial charge >= 0.3 is 11.0 Å². The molecule has 0 amide bonds. The Balaban J connectivity index is 3.22. The molecule has 0 saturated carbocycles. The van der Waals surface area contributed by atoms with Gasteiger partial charge in [-0.1, -0.05) is 17.7 Å². The average molecular weight is 296 g/mol. The Bertz CT molecular complexity index is 663. The van der Waals surface area contributed by atoms with Crippen LogP contribution in [-0.4, -0.2) is 29.8 Å². The van der Waals surface area contributed by atoms with Crippen molar-refractivity contribution < 1.29 is 22.7 Å². The topological polar surface area (TPSA) is 96.8 Å². The first kappa shape index (κ1) is 16.1. The quantitative estimate of drug-likeness (QED) is 0.259. The van der Waals surface area contributed by atoms with E-state index in [-0.39, 0.29) is 4.90 Å². The highest BCUT2D eigenvalue weighted by Gasteiger charge is 2.40. The van der Waals surface area contributed by atoms with E-state index in [1.807, 2.05) is 0 Å². The van der Waals surface area contributed by atoms with Crippen LogP contribution in [0, 0.1) is 6.92 Å². The van der Waals surface area contributed by atoms with E-state index in [0.717, 1.165) is 5.56 Å². The van der Waals surface area contributed by atoms with Crippen molar-refractivity contribution in [3.63, 3.8) is 0 Å². The number of sulfone groups is 1. The Morgan fingerprint density at radius 2 is 1.70 bits per heavy atom. The fraction of sp³-hybridized carbons (Fsp3) is 0.385. The molecule has 0 aliphatic rings. The number of aryl methyl sites for hydroxylation is 1. The van der Waals surface area contributed by atoms with E-state index < -0.39 is 26.5 Å². The van der Waals surface area contributed by atoms with Gasteiger partial charge in [-0.25, -0.2) is 13.2 Å². The number of carbonyl (C=O) groups is 1. The lowest BCUT2D eigenvalue weighted by Crippen LogP contribution is -2.33. The van der Waals surface area contributed by atoms with Gasteiger partial charge in [0, 0.05) is 0 Å². The molecule has 108 valence electrons. The van der Waals surface area contributed by atoms with Gasteiger partial charge in [-0.2, -0.15) is 0 Å². The minimum atomic E-state index is -4.21. The van der Waals surface area contributed by atoms with Gasteiger partial charge in [0.1, 0.15) is 5.60 Å². The van der Waals surface area contributed by atoms with Gasteiger partial charge in [0.2, 0.25) is 0 Å². The van der Waals surface area contributed by atoms with Crippen LogP contribution in [0.3, 0.4) is 0 Å². The van der Waals surface area contributed by atoms with E-state index in [4.69, 9.17) is 10.3 Å². The number of benzene rings is 1. The molecule has 0 spiro atoms. The van der Waals surface area contributed by atoms with Gasteiger partial charge in [-0.15, -0.1) is 4.79 Å². The van der Waals surface area contributed by atoms with Crippen molar-refractivity contribution in [2.45, 2.75) is 38.2 Å². The number of hydrogen-bond acceptors (Lipinski definition) is 4. The second-order valence-corrected chi connectivity index (χ2v) is 7.09. The zero-order chi connectivity index (χ0) is 15.6. The fourth-order valence-corrected chi connectivity index (χ4v) is 2.44. The second-order valence-electron chi connectivity index (χ2n) is 5.22. The molecule has 1 rings (SSSR count). The maximum Gasteiger partial charge on any atom is 0.493 e. The SMILES string of the molecule is Cc1ccc(S(=O)(=O)C(=[N+]=[N-])C(=O)OC(C)(C)C)cc1. The lowest BCUT2D eigenvalue weighted by atomic mass is 10.2. The van der Waals surface area contributed by atoms with Crippen molar-refractivity contribution in [2.75, 3.05) is 0 Å². The Morgan fingerprint density at radius 3 is 2.10 bits per heavy atom. The molecular weight excluding hydrogens is 280 g/mol. The lowest BCUT2D eigenvalue weighted by molar-refractivity contribution is -0.150. The first-order valence-corrected chi connectivity index (χ1v) is 7.33. The van der Waals surface area contributed by atoms with E-state index >= 15 is 0 Å². The highest BCUT2D eigenvalue weighted by atomic mass is 32.2. The summed E-state index contributed by atoms with van der Waals surface area (Å²) in [5, 5.41) is -1.03. The molecule has 0 aliphatic heterocycles. The minimum absolute atomic E-state index is 0.137. The third-order valence-corrected chi connectivity index (χ3v) is 3.90. The van der Waals surface area contributed by atoms with Crippen LogP contribution in [0.4, 0.5) is 0 Å². The highest BCUT2D eigenvalue weighted by molar-refractivity contribution is 8.08. The number of nitrogens with zero attached hydrogens (tertiary/aromatic N) is 2. The van der Waals surface area contributed by atoms with Crippen LogP contribution in [0.1, 0.15) is 26.3 Å². The molecule has 7 heteroatoms. The molecule has 0 fully saturated rings. The largest absolute Gasteiger partial charge is 0.493 e. The van der Waals surface area contributed by atoms with E-state index in [2.05, 4.69) is 4.79 Å². The molecule has 0 atom stereocenters. The van der Waals surface area contributed by atoms with Gasteiger partial charge in [-0.05, 0) is 39.8 Å². The smallest absolute Gasteiger partial charge is 0.451 e. The van der Waals surface area contributed by atoms with Crippen LogP contribution in [-0.2, 0) is 19.4 Å². The summed E-state index contributed by atoms with van der Waals surface area (Å²) in [6.07, 6.45) is 0. The van der Waals surface area contributed by atoms with Crippen LogP contribution in [0.25, 0.3) is 5.53 Å². The molecule has 0 aliphatic carbocycles. The highest BCUT2D eigenvalue weighted by Crippen LogP contribution is 2.15. The van der Waals surface area contributed by atoms with Gasteiger partial charge in [0.15, 0.2) is 0 Å². The Hall–Kier alpha value is -1.98. The number of esters is 1. The predicted octanol–water partition coefficient (Wildman–Crippen LogP) is 1.74. The molecule has 1 aromatic carbocycles. The number of ether oxygens (including phenoxy) is 1. The molecular formula is C13H16N2O4S. The summed E-state index contributed by atoms with van der Waals surface area (Å²) in [5.74, 6) is -1.19. The lowest BCUT2D eigenvalue weighted by Gasteiger charge is -2.17. The fourth-order valence-electron chi connectivity index (χ4n) is 1.36. The van der Waals surface area contributed by atoms with Crippen molar-refractivity contribution in [1.29, 1.82) is 0 Å². The summed E-state index contributed by atoms with van der Waals surface area (Å²) in [4.78, 5) is 14.2. The zero-order valence-electron chi connectivity index (χ0n) is 11.7. The van der Waals surface area contributed by atoms with E-state index in [9.17, 15) is 13.2 Å². The summed E-state index contributed by atoms with van der Waals surface area (Å²) >= 11 is 0. The summed E-state index contributed by atoms with van der Waals surface area (Å²) in [5.41, 5.74) is 8.82. The van der Waals surface area contributed by atoms with Crippen LogP contribution >= 0.6 is 0 Å². The third-order valence-electron chi connectivity index (χ3n) is 2.25. The first-order chi connectivity index (χ1) is 9.08. The van der Waals surface area contributed by atoms with Gasteiger partial charge < -0.3 is 10.3 Å². The van der Waals surface area contributed by atoms with Crippen molar-refractivity contribution in [3.05, 3.63) is 35.4 Å². The average Bonchev–Trinajstić information content (AvgIpc) is 2.27. The molecule has 0 heterocycles. The Kier molecular flexibility index (Phi) is 4.47. The third kappa shape index (κ3) is 3.76. The van der Waals surface area contributed by atoms with Gasteiger partial charge in [-0.3, -0.25) is 0 Å². The standard InChI is InChI=1S/C13H16N2O4S/c1-9-5-7-10(8-6-9)20(17,18)11(15-14)12(16)19-13(2,3)4/h5-8H,1-4H3. The van der Waals surface area contributed by atoms with Crippen molar-refractivity contribution in [3.8, 4) is 0 Å². The number of rotatable bonds is 1. The van der Waals surface area contributed by atoms with E-state index in [1.54, 1.807) is 39.8 Å². The molecule has 0 saturated heterocycles. The van der Waals surface area contributed by atoms with Gasteiger partial charge in [0.25, 0.3) is 9.84 Å². The minimum Gasteiger partial charge on any atom is -0.451 e. The zero-order valence-corrected chi connectivity index (χ0v) is 12.6. The van der Waals surface area contributed by atoms with Crippen molar-refractivity contribution >= 4 is 20.9 Å². The number of hydrogen-bond donors (Lipinski definition) is 0. The second kappa shape index (κ2) is 5.56. The summed E-state index contributed by atoms with van der Waals surface area (Å²) in [7, 11) is -4.21. The molecule has 0 bridgehead atoms. The first-order valence-electron chi connectivity index (χ1n) is 5.85. The van der Waals surface area contributed by atoms with Crippen LogP contribution in [0.5, 0.6) is 0 Å². The normalized spacial score (nSPS) is 11.6. The van der Waals surface area contributed by atoms with Crippen molar-refractivity contribution in [2.24, 2.45) is 0 Å². The van der Waals surface area contributed by atoms with Crippen LogP contribution in [0.2, 0.25) is 0 Å². The summed E-state index contributed by atoms with van der Waals surface area (Å²) in [6.45, 7) is 6.54. The van der Waals surface area contributed by atoms with Crippen molar-refractivity contribution in [1.82, 2.24) is 0 Å². The molecule has 0 radical (unpaired) electrons. The summed E-state index contributed by atoms with van der Waals surface area (Å²) < 4.78 is 29.3. The monoisotopic (exact) mass is 296 g/mol. The maximum atomic E-state index is 12.2. The predicted molar refractivity (Wildman–Crippen MR) is 72.8 cm³/mol. The molecule has 0 N–H and O–H groups in total. The molecule has 6 nitrogen and oxygen atoms in total. The van der Waals surface area contributed by atoms with Gasteiger partial charge in [0.05, 0.1) is 4.90 Å². The molecule has 0 unspecified atom stereocenters. The Labute approximate surface area is 117 Å². The molecule has 0 aromatic heterocycles. The van der Waals surface area contributed by atoms with Crippen LogP contribution in [0.15, 0.2) is 29.2 Å².